The lowest BCUT2D eigenvalue weighted by atomic mass is 9.74. The lowest BCUT2D eigenvalue weighted by Gasteiger charge is -2.38. The molecule has 1 fully saturated rings. The van der Waals surface area contributed by atoms with Gasteiger partial charge in [-0.1, -0.05) is 25.5 Å². The second kappa shape index (κ2) is 7.41. The van der Waals surface area contributed by atoms with Crippen LogP contribution < -0.4 is 11.1 Å². The fourth-order valence-electron chi connectivity index (χ4n) is 3.22. The molecule has 0 spiro atoms. The van der Waals surface area contributed by atoms with Crippen LogP contribution >= 0.6 is 0 Å². The fourth-order valence-corrected chi connectivity index (χ4v) is 3.22. The predicted molar refractivity (Wildman–Crippen MR) is 88.6 cm³/mol. The van der Waals surface area contributed by atoms with Crippen molar-refractivity contribution in [1.82, 2.24) is 5.32 Å². The maximum atomic E-state index is 13.2. The minimum Gasteiger partial charge on any atom is -0.381 e. The predicted octanol–water partition coefficient (Wildman–Crippen LogP) is 2.51. The highest BCUT2D eigenvalue weighted by Gasteiger charge is 2.36. The molecule has 0 aliphatic carbocycles. The van der Waals surface area contributed by atoms with Crippen molar-refractivity contribution in [3.63, 3.8) is 0 Å². The summed E-state index contributed by atoms with van der Waals surface area (Å²) in [6, 6.07) is 6.55. The quantitative estimate of drug-likeness (QED) is 0.846. The van der Waals surface area contributed by atoms with Gasteiger partial charge in [0.1, 0.15) is 5.82 Å². The zero-order chi connectivity index (χ0) is 16.9. The van der Waals surface area contributed by atoms with E-state index < -0.39 is 5.54 Å². The number of hydrogen-bond donors (Lipinski definition) is 2. The van der Waals surface area contributed by atoms with Crippen molar-refractivity contribution < 1.29 is 13.9 Å². The number of halogens is 1. The molecule has 1 unspecified atom stereocenters. The molecule has 5 heteroatoms. The molecule has 1 aromatic carbocycles. The van der Waals surface area contributed by atoms with E-state index in [1.54, 1.807) is 19.1 Å². The van der Waals surface area contributed by atoms with E-state index in [4.69, 9.17) is 10.5 Å². The van der Waals surface area contributed by atoms with E-state index in [1.807, 2.05) is 6.92 Å². The molecule has 4 nitrogen and oxygen atoms in total. The Bertz CT molecular complexity index is 522. The molecule has 0 radical (unpaired) electrons. The number of nitrogens with one attached hydrogen (secondary N) is 1. The molecule has 0 aromatic heterocycles. The van der Waals surface area contributed by atoms with Crippen LogP contribution in [0, 0.1) is 5.82 Å². The third kappa shape index (κ3) is 4.30. The number of amides is 1. The van der Waals surface area contributed by atoms with Crippen LogP contribution in [0.15, 0.2) is 24.3 Å². The molecule has 0 bridgehead atoms. The van der Waals surface area contributed by atoms with Gasteiger partial charge in [-0.3, -0.25) is 4.79 Å². The Morgan fingerprint density at radius 2 is 1.96 bits per heavy atom. The largest absolute Gasteiger partial charge is 0.381 e. The standard InChI is InChI=1S/C18H27FN2O2/c1-3-8-17(2,20)16(22)21-13-18(9-11-23-12-10-18)14-4-6-15(19)7-5-14/h4-7H,3,8-13,20H2,1-2H3,(H,21,22). The van der Waals surface area contributed by atoms with E-state index in [0.29, 0.717) is 26.2 Å². The first-order valence-electron chi connectivity index (χ1n) is 8.31. The molecule has 1 aromatic rings. The van der Waals surface area contributed by atoms with E-state index in [0.717, 1.165) is 24.8 Å². The van der Waals surface area contributed by atoms with Crippen molar-refractivity contribution in [2.75, 3.05) is 19.8 Å². The Morgan fingerprint density at radius 3 is 2.52 bits per heavy atom. The average Bonchev–Trinajstić information content (AvgIpc) is 2.54. The molecule has 1 heterocycles. The highest BCUT2D eigenvalue weighted by molar-refractivity contribution is 5.85. The van der Waals surface area contributed by atoms with Crippen molar-refractivity contribution in [3.8, 4) is 0 Å². The third-order valence-electron chi connectivity index (χ3n) is 4.78. The monoisotopic (exact) mass is 322 g/mol. The van der Waals surface area contributed by atoms with Gasteiger partial charge in [0.05, 0.1) is 5.54 Å². The number of rotatable bonds is 6. The van der Waals surface area contributed by atoms with Gasteiger partial charge in [0, 0.05) is 25.2 Å². The van der Waals surface area contributed by atoms with Crippen molar-refractivity contribution in [2.45, 2.75) is 50.5 Å². The number of benzene rings is 1. The summed E-state index contributed by atoms with van der Waals surface area (Å²) in [6.07, 6.45) is 3.10. The van der Waals surface area contributed by atoms with E-state index in [2.05, 4.69) is 5.32 Å². The van der Waals surface area contributed by atoms with E-state index in [1.165, 1.54) is 12.1 Å². The van der Waals surface area contributed by atoms with Crippen LogP contribution in [0.3, 0.4) is 0 Å². The van der Waals surface area contributed by atoms with Crippen LogP contribution in [0.2, 0.25) is 0 Å². The van der Waals surface area contributed by atoms with Crippen LogP contribution in [0.1, 0.15) is 45.1 Å². The van der Waals surface area contributed by atoms with E-state index in [9.17, 15) is 9.18 Å². The first kappa shape index (κ1) is 17.9. The van der Waals surface area contributed by atoms with Crippen LogP contribution in [0.4, 0.5) is 4.39 Å². The molecular formula is C18H27FN2O2. The molecule has 1 saturated heterocycles. The molecule has 1 aliphatic rings. The number of nitrogens with two attached hydrogens (primary N) is 1. The van der Waals surface area contributed by atoms with Gasteiger partial charge in [0.15, 0.2) is 0 Å². The van der Waals surface area contributed by atoms with Crippen molar-refractivity contribution in [1.29, 1.82) is 0 Å². The average molecular weight is 322 g/mol. The van der Waals surface area contributed by atoms with Gasteiger partial charge in [-0.2, -0.15) is 0 Å². The first-order chi connectivity index (χ1) is 10.9. The topological polar surface area (TPSA) is 64.4 Å². The molecule has 1 amide bonds. The third-order valence-corrected chi connectivity index (χ3v) is 4.78. The van der Waals surface area contributed by atoms with Gasteiger partial charge in [0.25, 0.3) is 0 Å². The minimum atomic E-state index is -0.857. The summed E-state index contributed by atoms with van der Waals surface area (Å²) in [6.45, 7) is 5.55. The van der Waals surface area contributed by atoms with Crippen molar-refractivity contribution in [3.05, 3.63) is 35.6 Å². The molecule has 23 heavy (non-hydrogen) atoms. The second-order valence-corrected chi connectivity index (χ2v) is 6.75. The Balaban J connectivity index is 2.13. The zero-order valence-corrected chi connectivity index (χ0v) is 14.0. The molecule has 3 N–H and O–H groups in total. The highest BCUT2D eigenvalue weighted by atomic mass is 19.1. The molecule has 128 valence electrons. The summed E-state index contributed by atoms with van der Waals surface area (Å²) in [5.41, 5.74) is 6.06. The van der Waals surface area contributed by atoms with E-state index >= 15 is 0 Å². The summed E-state index contributed by atoms with van der Waals surface area (Å²) in [5.74, 6) is -0.384. The summed E-state index contributed by atoms with van der Waals surface area (Å²) in [4.78, 5) is 12.4. The first-order valence-corrected chi connectivity index (χ1v) is 8.31. The number of hydrogen-bond acceptors (Lipinski definition) is 3. The Kier molecular flexibility index (Phi) is 5.76. The summed E-state index contributed by atoms with van der Waals surface area (Å²) >= 11 is 0. The van der Waals surface area contributed by atoms with Gasteiger partial charge in [-0.25, -0.2) is 4.39 Å². The van der Waals surface area contributed by atoms with Crippen molar-refractivity contribution >= 4 is 5.91 Å². The van der Waals surface area contributed by atoms with Crippen LogP contribution in [-0.4, -0.2) is 31.2 Å². The lowest BCUT2D eigenvalue weighted by Crippen LogP contribution is -2.55. The van der Waals surface area contributed by atoms with Gasteiger partial charge in [0.2, 0.25) is 5.91 Å². The van der Waals surface area contributed by atoms with Crippen LogP contribution in [-0.2, 0) is 14.9 Å². The smallest absolute Gasteiger partial charge is 0.239 e. The molecule has 1 atom stereocenters. The van der Waals surface area contributed by atoms with Gasteiger partial charge in [-0.05, 0) is 43.9 Å². The summed E-state index contributed by atoms with van der Waals surface area (Å²) < 4.78 is 18.7. The zero-order valence-electron chi connectivity index (χ0n) is 14.0. The molecule has 1 aliphatic heterocycles. The number of carbonyl (C=O) groups excluding carboxylic acids is 1. The molecule has 2 rings (SSSR count). The van der Waals surface area contributed by atoms with Gasteiger partial charge >= 0.3 is 0 Å². The van der Waals surface area contributed by atoms with Gasteiger partial charge in [-0.15, -0.1) is 0 Å². The van der Waals surface area contributed by atoms with E-state index in [-0.39, 0.29) is 17.1 Å². The maximum Gasteiger partial charge on any atom is 0.239 e. The van der Waals surface area contributed by atoms with Crippen LogP contribution in [0.5, 0.6) is 0 Å². The Morgan fingerprint density at radius 1 is 1.35 bits per heavy atom. The number of carbonyl (C=O) groups is 1. The van der Waals surface area contributed by atoms with Crippen LogP contribution in [0.25, 0.3) is 0 Å². The van der Waals surface area contributed by atoms with Gasteiger partial charge < -0.3 is 15.8 Å². The normalized spacial score (nSPS) is 19.8. The maximum absolute atomic E-state index is 13.2. The highest BCUT2D eigenvalue weighted by Crippen LogP contribution is 2.34. The number of ether oxygens (including phenoxy) is 1. The second-order valence-electron chi connectivity index (χ2n) is 6.75. The lowest BCUT2D eigenvalue weighted by molar-refractivity contribution is -0.126. The minimum absolute atomic E-state index is 0.132. The molecule has 0 saturated carbocycles. The fraction of sp³-hybridized carbons (Fsp3) is 0.611. The summed E-state index contributed by atoms with van der Waals surface area (Å²) in [5, 5.41) is 3.02. The SMILES string of the molecule is CCCC(C)(N)C(=O)NCC1(c2ccc(F)cc2)CCOCC1. The Labute approximate surface area is 137 Å². The summed E-state index contributed by atoms with van der Waals surface area (Å²) in [7, 11) is 0. The van der Waals surface area contributed by atoms with Crippen molar-refractivity contribution in [2.24, 2.45) is 5.73 Å². The molecular weight excluding hydrogens is 295 g/mol. The Hall–Kier alpha value is -1.46.